The van der Waals surface area contributed by atoms with E-state index in [1.807, 2.05) is 30.3 Å². The van der Waals surface area contributed by atoms with Crippen LogP contribution in [-0.4, -0.2) is 36.3 Å². The lowest BCUT2D eigenvalue weighted by Crippen LogP contribution is -2.62. The SMILES string of the molecule is CC(=O)O[C@@]1(C)CNCCN1c1cc(C(F)(F)F)cc(OCc2ccccc2)n1. The number of carbonyl (C=O) groups excluding carboxylic acids is 1. The summed E-state index contributed by atoms with van der Waals surface area (Å²) in [6, 6.07) is 10.9. The van der Waals surface area contributed by atoms with Gasteiger partial charge in [0, 0.05) is 26.1 Å². The number of aromatic nitrogens is 1. The molecule has 2 heterocycles. The fourth-order valence-corrected chi connectivity index (χ4v) is 3.20. The van der Waals surface area contributed by atoms with Crippen molar-refractivity contribution in [2.45, 2.75) is 32.4 Å². The molecule has 1 aromatic heterocycles. The second kappa shape index (κ2) is 8.28. The van der Waals surface area contributed by atoms with Gasteiger partial charge < -0.3 is 19.7 Å². The second-order valence-electron chi connectivity index (χ2n) is 6.92. The molecule has 0 aliphatic carbocycles. The van der Waals surface area contributed by atoms with Crippen molar-refractivity contribution in [3.8, 4) is 5.88 Å². The monoisotopic (exact) mass is 409 g/mol. The number of rotatable bonds is 5. The summed E-state index contributed by atoms with van der Waals surface area (Å²) in [5.74, 6) is -0.649. The van der Waals surface area contributed by atoms with Gasteiger partial charge in [-0.2, -0.15) is 18.2 Å². The summed E-state index contributed by atoms with van der Waals surface area (Å²) in [5.41, 5.74) is -1.24. The van der Waals surface area contributed by atoms with Gasteiger partial charge in [0.25, 0.3) is 0 Å². The first-order valence-corrected chi connectivity index (χ1v) is 9.11. The van der Waals surface area contributed by atoms with E-state index in [9.17, 15) is 18.0 Å². The molecule has 0 amide bonds. The van der Waals surface area contributed by atoms with Crippen LogP contribution >= 0.6 is 0 Å². The average Bonchev–Trinajstić information content (AvgIpc) is 2.65. The third-order valence-corrected chi connectivity index (χ3v) is 4.52. The summed E-state index contributed by atoms with van der Waals surface area (Å²) >= 11 is 0. The Morgan fingerprint density at radius 1 is 1.28 bits per heavy atom. The maximum absolute atomic E-state index is 13.5. The highest BCUT2D eigenvalue weighted by Crippen LogP contribution is 2.35. The molecule has 6 nitrogen and oxygen atoms in total. The average molecular weight is 409 g/mol. The Morgan fingerprint density at radius 2 is 2.00 bits per heavy atom. The van der Waals surface area contributed by atoms with Gasteiger partial charge in [0.15, 0.2) is 5.72 Å². The smallest absolute Gasteiger partial charge is 0.416 e. The van der Waals surface area contributed by atoms with E-state index < -0.39 is 23.4 Å². The number of esters is 1. The molecule has 1 aromatic carbocycles. The molecule has 1 atom stereocenters. The number of nitrogens with zero attached hydrogens (tertiary/aromatic N) is 2. The Labute approximate surface area is 166 Å². The zero-order valence-corrected chi connectivity index (χ0v) is 16.1. The molecule has 0 spiro atoms. The van der Waals surface area contributed by atoms with Crippen LogP contribution in [0.2, 0.25) is 0 Å². The van der Waals surface area contributed by atoms with Gasteiger partial charge >= 0.3 is 12.1 Å². The molecule has 3 rings (SSSR count). The number of anilines is 1. The van der Waals surface area contributed by atoms with E-state index in [2.05, 4.69) is 10.3 Å². The van der Waals surface area contributed by atoms with Gasteiger partial charge in [0.05, 0.1) is 12.1 Å². The van der Waals surface area contributed by atoms with Crippen LogP contribution in [0, 0.1) is 0 Å². The van der Waals surface area contributed by atoms with Crippen molar-refractivity contribution in [3.63, 3.8) is 0 Å². The highest BCUT2D eigenvalue weighted by Gasteiger charge is 2.40. The van der Waals surface area contributed by atoms with Crippen molar-refractivity contribution in [2.24, 2.45) is 0 Å². The minimum absolute atomic E-state index is 0.0353. The lowest BCUT2D eigenvalue weighted by atomic mass is 10.1. The normalized spacial score (nSPS) is 19.7. The highest BCUT2D eigenvalue weighted by atomic mass is 19.4. The lowest BCUT2D eigenvalue weighted by Gasteiger charge is -2.44. The first kappa shape index (κ1) is 20.9. The van der Waals surface area contributed by atoms with Crippen LogP contribution in [-0.2, 0) is 22.3 Å². The van der Waals surface area contributed by atoms with E-state index in [0.717, 1.165) is 17.7 Å². The topological polar surface area (TPSA) is 63.7 Å². The third kappa shape index (κ3) is 5.17. The van der Waals surface area contributed by atoms with E-state index in [-0.39, 0.29) is 24.8 Å². The van der Waals surface area contributed by atoms with Gasteiger partial charge in [-0.05, 0) is 18.6 Å². The molecule has 29 heavy (non-hydrogen) atoms. The number of hydrogen-bond acceptors (Lipinski definition) is 6. The molecule has 0 radical (unpaired) electrons. The fraction of sp³-hybridized carbons (Fsp3) is 0.400. The summed E-state index contributed by atoms with van der Waals surface area (Å²) in [7, 11) is 0. The number of nitrogens with one attached hydrogen (secondary N) is 1. The summed E-state index contributed by atoms with van der Waals surface area (Å²) in [6.07, 6.45) is -4.57. The summed E-state index contributed by atoms with van der Waals surface area (Å²) in [4.78, 5) is 17.4. The zero-order valence-electron chi connectivity index (χ0n) is 16.1. The van der Waals surface area contributed by atoms with Crippen molar-refractivity contribution in [3.05, 3.63) is 53.6 Å². The molecule has 1 N–H and O–H groups in total. The second-order valence-corrected chi connectivity index (χ2v) is 6.92. The number of hydrogen-bond donors (Lipinski definition) is 1. The predicted octanol–water partition coefficient (Wildman–Crippen LogP) is 3.37. The molecule has 156 valence electrons. The summed E-state index contributed by atoms with van der Waals surface area (Å²) < 4.78 is 51.4. The van der Waals surface area contributed by atoms with Crippen molar-refractivity contribution >= 4 is 11.8 Å². The van der Waals surface area contributed by atoms with Gasteiger partial charge in [0.2, 0.25) is 5.88 Å². The molecule has 2 aromatic rings. The number of pyridine rings is 1. The van der Waals surface area contributed by atoms with Crippen LogP contribution in [0.5, 0.6) is 5.88 Å². The van der Waals surface area contributed by atoms with Crippen LogP contribution in [0.1, 0.15) is 25.0 Å². The van der Waals surface area contributed by atoms with Crippen LogP contribution in [0.25, 0.3) is 0 Å². The molecule has 1 saturated heterocycles. The quantitative estimate of drug-likeness (QED) is 0.764. The molecule has 1 aliphatic rings. The number of carbonyl (C=O) groups is 1. The van der Waals surface area contributed by atoms with E-state index >= 15 is 0 Å². The van der Waals surface area contributed by atoms with Crippen LogP contribution in [0.3, 0.4) is 0 Å². The van der Waals surface area contributed by atoms with Gasteiger partial charge in [-0.25, -0.2) is 0 Å². The fourth-order valence-electron chi connectivity index (χ4n) is 3.20. The van der Waals surface area contributed by atoms with Crippen LogP contribution < -0.4 is 15.0 Å². The molecule has 1 fully saturated rings. The maximum Gasteiger partial charge on any atom is 0.416 e. The Balaban J connectivity index is 1.95. The first-order chi connectivity index (χ1) is 13.7. The largest absolute Gasteiger partial charge is 0.473 e. The van der Waals surface area contributed by atoms with E-state index in [1.54, 1.807) is 11.8 Å². The summed E-state index contributed by atoms with van der Waals surface area (Å²) in [5, 5.41) is 3.09. The van der Waals surface area contributed by atoms with E-state index in [4.69, 9.17) is 9.47 Å². The molecule has 1 aliphatic heterocycles. The van der Waals surface area contributed by atoms with Gasteiger partial charge in [0.1, 0.15) is 12.4 Å². The van der Waals surface area contributed by atoms with E-state index in [0.29, 0.717) is 13.1 Å². The number of ether oxygens (including phenoxy) is 2. The van der Waals surface area contributed by atoms with Crippen molar-refractivity contribution in [2.75, 3.05) is 24.5 Å². The maximum atomic E-state index is 13.5. The zero-order chi connectivity index (χ0) is 21.1. The van der Waals surface area contributed by atoms with Gasteiger partial charge in [-0.3, -0.25) is 4.79 Å². The first-order valence-electron chi connectivity index (χ1n) is 9.11. The minimum Gasteiger partial charge on any atom is -0.473 e. The Bertz CT molecular complexity index is 861. The number of benzene rings is 1. The number of alkyl halides is 3. The molecular weight excluding hydrogens is 387 g/mol. The van der Waals surface area contributed by atoms with Crippen molar-refractivity contribution in [1.82, 2.24) is 10.3 Å². The van der Waals surface area contributed by atoms with Crippen LogP contribution in [0.15, 0.2) is 42.5 Å². The van der Waals surface area contributed by atoms with Crippen molar-refractivity contribution in [1.29, 1.82) is 0 Å². The predicted molar refractivity (Wildman–Crippen MR) is 100 cm³/mol. The standard InChI is InChI=1S/C20H22F3N3O3/c1-14(27)29-19(2)13-24-8-9-26(19)17-10-16(20(21,22)23)11-18(25-17)28-12-15-6-4-3-5-7-15/h3-7,10-11,24H,8-9,12-13H2,1-2H3/t19-/m0/s1. The molecule has 0 bridgehead atoms. The summed E-state index contributed by atoms with van der Waals surface area (Å²) in [6.45, 7) is 4.05. The molecular formula is C20H22F3N3O3. The van der Waals surface area contributed by atoms with Crippen molar-refractivity contribution < 1.29 is 27.4 Å². The Hall–Kier alpha value is -2.81. The number of piperazine rings is 1. The highest BCUT2D eigenvalue weighted by molar-refractivity contribution is 5.67. The van der Waals surface area contributed by atoms with Gasteiger partial charge in [-0.1, -0.05) is 30.3 Å². The minimum atomic E-state index is -4.57. The van der Waals surface area contributed by atoms with E-state index in [1.165, 1.54) is 6.92 Å². The molecule has 0 unspecified atom stereocenters. The lowest BCUT2D eigenvalue weighted by molar-refractivity contribution is -0.156. The van der Waals surface area contributed by atoms with Crippen LogP contribution in [0.4, 0.5) is 19.0 Å². The molecule has 0 saturated carbocycles. The number of halogens is 3. The molecule has 9 heteroatoms. The van der Waals surface area contributed by atoms with Gasteiger partial charge in [-0.15, -0.1) is 0 Å². The Kier molecular flexibility index (Phi) is 5.97. The Morgan fingerprint density at radius 3 is 2.66 bits per heavy atom. The third-order valence-electron chi connectivity index (χ3n) is 4.52.